The molecule has 0 aliphatic heterocycles. The molecule has 2 rings (SSSR count). The number of halogens is 1. The van der Waals surface area contributed by atoms with Crippen LogP contribution in [0.5, 0.6) is 11.5 Å². The van der Waals surface area contributed by atoms with Gasteiger partial charge in [-0.1, -0.05) is 61.0 Å². The fourth-order valence-electron chi connectivity index (χ4n) is 2.12. The van der Waals surface area contributed by atoms with Crippen LogP contribution in [0.3, 0.4) is 0 Å². The first-order valence-corrected chi connectivity index (χ1v) is 9.12. The van der Waals surface area contributed by atoms with Crippen LogP contribution in [0.1, 0.15) is 27.2 Å². The third kappa shape index (κ3) is 5.10. The fourth-order valence-corrected chi connectivity index (χ4v) is 2.22. The smallest absolute Gasteiger partial charge is 0.325 e. The normalized spacial score (nSPS) is 12.0. The van der Waals surface area contributed by atoms with E-state index in [1.807, 2.05) is 62.4 Å². The lowest BCUT2D eigenvalue weighted by atomic mass is 10.1. The molecule has 0 aliphatic carbocycles. The molecule has 0 amide bonds. The molecule has 0 N–H and O–H groups in total. The van der Waals surface area contributed by atoms with Gasteiger partial charge in [-0.3, -0.25) is 4.79 Å². The molecule has 0 saturated heterocycles. The third-order valence-electron chi connectivity index (χ3n) is 3.54. The largest absolute Gasteiger partial charge is 0.494 e. The molecule has 128 valence electrons. The number of hydrogen-bond donors (Lipinski definition) is 0. The van der Waals surface area contributed by atoms with Crippen molar-refractivity contribution in [3.8, 4) is 22.6 Å². The Kier molecular flexibility index (Phi) is 6.85. The molecular formula is C20H23BrO3. The number of ether oxygens (including phenoxy) is 2. The Bertz CT molecular complexity index is 648. The highest BCUT2D eigenvalue weighted by Gasteiger charge is 2.20. The van der Waals surface area contributed by atoms with E-state index in [1.165, 1.54) is 0 Å². The highest BCUT2D eigenvalue weighted by Crippen LogP contribution is 2.25. The van der Waals surface area contributed by atoms with Crippen LogP contribution >= 0.6 is 15.9 Å². The molecule has 0 radical (unpaired) electrons. The van der Waals surface area contributed by atoms with E-state index in [0.29, 0.717) is 5.75 Å². The van der Waals surface area contributed by atoms with Crippen LogP contribution in [-0.4, -0.2) is 17.4 Å². The molecule has 0 fully saturated rings. The minimum absolute atomic E-state index is 0.185. The highest BCUT2D eigenvalue weighted by molar-refractivity contribution is 9.10. The summed E-state index contributed by atoms with van der Waals surface area (Å²) in [4.78, 5) is 11.7. The molecule has 0 saturated carbocycles. The van der Waals surface area contributed by atoms with Crippen molar-refractivity contribution in [3.05, 3.63) is 48.5 Å². The van der Waals surface area contributed by atoms with Gasteiger partial charge < -0.3 is 9.47 Å². The molecule has 1 unspecified atom stereocenters. The Balaban J connectivity index is 2.02. The van der Waals surface area contributed by atoms with Gasteiger partial charge in [-0.2, -0.15) is 0 Å². The van der Waals surface area contributed by atoms with Gasteiger partial charge in [0, 0.05) is 0 Å². The van der Waals surface area contributed by atoms with Crippen LogP contribution in [0.25, 0.3) is 11.1 Å². The Morgan fingerprint density at radius 1 is 0.958 bits per heavy atom. The van der Waals surface area contributed by atoms with Crippen molar-refractivity contribution in [3.63, 3.8) is 0 Å². The van der Waals surface area contributed by atoms with Crippen LogP contribution in [-0.2, 0) is 4.79 Å². The molecule has 0 spiro atoms. The van der Waals surface area contributed by atoms with E-state index in [1.54, 1.807) is 0 Å². The Labute approximate surface area is 152 Å². The monoisotopic (exact) mass is 390 g/mol. The number of carbonyl (C=O) groups excluding carboxylic acids is 1. The minimum Gasteiger partial charge on any atom is -0.494 e. The predicted octanol–water partition coefficient (Wildman–Crippen LogP) is 5.47. The van der Waals surface area contributed by atoms with Gasteiger partial charge in [-0.15, -0.1) is 0 Å². The van der Waals surface area contributed by atoms with E-state index >= 15 is 0 Å². The summed E-state index contributed by atoms with van der Waals surface area (Å²) in [5, 5.41) is 0. The first-order valence-electron chi connectivity index (χ1n) is 8.20. The zero-order valence-corrected chi connectivity index (χ0v) is 15.9. The first kappa shape index (κ1) is 18.5. The number of hydrogen-bond acceptors (Lipinski definition) is 3. The van der Waals surface area contributed by atoms with Gasteiger partial charge in [0.15, 0.2) is 0 Å². The van der Waals surface area contributed by atoms with Crippen LogP contribution in [0.4, 0.5) is 0 Å². The molecule has 0 aromatic heterocycles. The molecular weight excluding hydrogens is 368 g/mol. The third-order valence-corrected chi connectivity index (χ3v) is 4.97. The summed E-state index contributed by atoms with van der Waals surface area (Å²) in [6.45, 7) is 6.75. The van der Waals surface area contributed by atoms with E-state index in [0.717, 1.165) is 29.9 Å². The van der Waals surface area contributed by atoms with Crippen LogP contribution in [0.2, 0.25) is 0 Å². The molecule has 2 aromatic carbocycles. The first-order chi connectivity index (χ1) is 11.5. The lowest BCUT2D eigenvalue weighted by Crippen LogP contribution is -2.24. The topological polar surface area (TPSA) is 35.5 Å². The molecule has 2 aromatic rings. The maximum absolute atomic E-state index is 11.9. The molecule has 3 nitrogen and oxygen atoms in total. The second-order valence-corrected chi connectivity index (χ2v) is 6.95. The number of carbonyl (C=O) groups is 1. The summed E-state index contributed by atoms with van der Waals surface area (Å²) in [6.07, 6.45) is 0.994. The Morgan fingerprint density at radius 2 is 1.46 bits per heavy atom. The fraction of sp³-hybridized carbons (Fsp3) is 0.350. The van der Waals surface area contributed by atoms with Gasteiger partial charge >= 0.3 is 5.97 Å². The van der Waals surface area contributed by atoms with Crippen molar-refractivity contribution in [2.24, 2.45) is 5.92 Å². The van der Waals surface area contributed by atoms with Crippen molar-refractivity contribution >= 4 is 21.9 Å². The molecule has 1 atom stereocenters. The number of benzene rings is 2. The standard InChI is InChI=1S/C20H23BrO3/c1-4-13-23-17-9-5-15(6-10-17)16-7-11-18(12-8-16)24-20(22)19(21)14(2)3/h5-12,14,19H,4,13H2,1-3H3. The summed E-state index contributed by atoms with van der Waals surface area (Å²) in [6, 6.07) is 15.5. The van der Waals surface area contributed by atoms with E-state index in [9.17, 15) is 4.79 Å². The van der Waals surface area contributed by atoms with Crippen LogP contribution in [0, 0.1) is 5.92 Å². The van der Waals surface area contributed by atoms with Gasteiger partial charge in [0.2, 0.25) is 0 Å². The van der Waals surface area contributed by atoms with E-state index < -0.39 is 0 Å². The predicted molar refractivity (Wildman–Crippen MR) is 101 cm³/mol. The molecule has 0 aliphatic rings. The summed E-state index contributed by atoms with van der Waals surface area (Å²) in [5.74, 6) is 1.35. The molecule has 4 heteroatoms. The zero-order chi connectivity index (χ0) is 17.5. The minimum atomic E-state index is -0.298. The van der Waals surface area contributed by atoms with Crippen molar-refractivity contribution in [1.29, 1.82) is 0 Å². The number of rotatable bonds is 7. The summed E-state index contributed by atoms with van der Waals surface area (Å²) < 4.78 is 11.0. The zero-order valence-electron chi connectivity index (χ0n) is 14.3. The van der Waals surface area contributed by atoms with E-state index in [-0.39, 0.29) is 16.7 Å². The van der Waals surface area contributed by atoms with E-state index in [2.05, 4.69) is 22.9 Å². The average Bonchev–Trinajstić information content (AvgIpc) is 2.60. The lowest BCUT2D eigenvalue weighted by Gasteiger charge is -2.13. The van der Waals surface area contributed by atoms with Gasteiger partial charge in [0.1, 0.15) is 16.3 Å². The summed E-state index contributed by atoms with van der Waals surface area (Å²) in [5.41, 5.74) is 2.16. The van der Waals surface area contributed by atoms with E-state index in [4.69, 9.17) is 9.47 Å². The summed E-state index contributed by atoms with van der Waals surface area (Å²) >= 11 is 3.35. The second-order valence-electron chi connectivity index (χ2n) is 5.96. The van der Waals surface area contributed by atoms with Crippen LogP contribution < -0.4 is 9.47 Å². The van der Waals surface area contributed by atoms with Gasteiger partial charge in [-0.05, 0) is 47.7 Å². The average molecular weight is 391 g/mol. The van der Waals surface area contributed by atoms with Crippen LogP contribution in [0.15, 0.2) is 48.5 Å². The van der Waals surface area contributed by atoms with Gasteiger partial charge in [0.25, 0.3) is 0 Å². The molecule has 0 heterocycles. The Morgan fingerprint density at radius 3 is 1.92 bits per heavy atom. The molecule has 0 bridgehead atoms. The maximum Gasteiger partial charge on any atom is 0.325 e. The SMILES string of the molecule is CCCOc1ccc(-c2ccc(OC(=O)C(Br)C(C)C)cc2)cc1. The van der Waals surface area contributed by atoms with Crippen molar-refractivity contribution in [2.45, 2.75) is 32.0 Å². The van der Waals surface area contributed by atoms with Gasteiger partial charge in [-0.25, -0.2) is 0 Å². The summed E-state index contributed by atoms with van der Waals surface area (Å²) in [7, 11) is 0. The van der Waals surface area contributed by atoms with Crippen molar-refractivity contribution in [1.82, 2.24) is 0 Å². The second kappa shape index (κ2) is 8.88. The van der Waals surface area contributed by atoms with Crippen molar-refractivity contribution < 1.29 is 14.3 Å². The highest BCUT2D eigenvalue weighted by atomic mass is 79.9. The quantitative estimate of drug-likeness (QED) is 0.357. The number of alkyl halides is 1. The number of esters is 1. The van der Waals surface area contributed by atoms with Gasteiger partial charge in [0.05, 0.1) is 6.61 Å². The maximum atomic E-state index is 11.9. The lowest BCUT2D eigenvalue weighted by molar-refractivity contribution is -0.134. The van der Waals surface area contributed by atoms with Crippen molar-refractivity contribution in [2.75, 3.05) is 6.61 Å². The molecule has 24 heavy (non-hydrogen) atoms. The Hall–Kier alpha value is -1.81.